The molecule has 0 spiro atoms. The van der Waals surface area contributed by atoms with Gasteiger partial charge in [-0.1, -0.05) is 0 Å². The van der Waals surface area contributed by atoms with Crippen molar-refractivity contribution in [2.24, 2.45) is 0 Å². The molecule has 2 heterocycles. The molecule has 0 saturated carbocycles. The van der Waals surface area contributed by atoms with Crippen LogP contribution in [0.15, 0.2) is 6.07 Å². The number of nitrogens with zero attached hydrogens (tertiary/aromatic N) is 4. The molecule has 18 heavy (non-hydrogen) atoms. The zero-order valence-electron chi connectivity index (χ0n) is 10.2. The summed E-state index contributed by atoms with van der Waals surface area (Å²) in [4.78, 5) is 19.3. The molecule has 2 rings (SSSR count). The zero-order chi connectivity index (χ0) is 13.4. The number of carboxylic acid groups (broad SMARTS) is 1. The molecule has 0 unspecified atom stereocenters. The smallest absolute Gasteiger partial charge is 0.356 e. The van der Waals surface area contributed by atoms with Crippen molar-refractivity contribution < 1.29 is 15.0 Å². The molecule has 0 atom stereocenters. The lowest BCUT2D eigenvalue weighted by molar-refractivity contribution is 0.0690. The van der Waals surface area contributed by atoms with Crippen LogP contribution in [0.25, 0.3) is 5.82 Å². The fourth-order valence-electron chi connectivity index (χ4n) is 1.54. The van der Waals surface area contributed by atoms with Gasteiger partial charge in [-0.15, -0.1) is 0 Å². The minimum atomic E-state index is -1.21. The number of aromatic carboxylic acids is 1. The molecule has 94 valence electrons. The number of carboxylic acids is 1. The van der Waals surface area contributed by atoms with Crippen LogP contribution in [0.3, 0.4) is 0 Å². The lowest BCUT2D eigenvalue weighted by atomic mass is 10.3. The van der Waals surface area contributed by atoms with E-state index < -0.39 is 5.97 Å². The molecule has 0 aromatic carbocycles. The molecule has 0 aliphatic rings. The Morgan fingerprint density at radius 1 is 1.17 bits per heavy atom. The van der Waals surface area contributed by atoms with E-state index in [1.165, 1.54) is 0 Å². The SMILES string of the molecule is Cc1nc(C)c(-n2nc(C(=O)O)cc2O)nc1C. The van der Waals surface area contributed by atoms with E-state index in [-0.39, 0.29) is 11.6 Å². The molecule has 2 N–H and O–H groups in total. The van der Waals surface area contributed by atoms with Gasteiger partial charge in [0.1, 0.15) is 0 Å². The number of rotatable bonds is 2. The first-order valence-electron chi connectivity index (χ1n) is 5.24. The second-order valence-electron chi connectivity index (χ2n) is 3.91. The van der Waals surface area contributed by atoms with E-state index in [0.29, 0.717) is 17.2 Å². The first kappa shape index (κ1) is 12.0. The molecule has 7 heteroatoms. The van der Waals surface area contributed by atoms with Crippen LogP contribution in [0.5, 0.6) is 5.88 Å². The van der Waals surface area contributed by atoms with Gasteiger partial charge in [0.25, 0.3) is 0 Å². The maximum atomic E-state index is 10.8. The van der Waals surface area contributed by atoms with Crippen LogP contribution in [0.1, 0.15) is 27.6 Å². The average Bonchev–Trinajstić information content (AvgIpc) is 2.66. The Bertz CT molecular complexity index is 633. The average molecular weight is 248 g/mol. The fraction of sp³-hybridized carbons (Fsp3) is 0.273. The molecule has 0 radical (unpaired) electrons. The van der Waals surface area contributed by atoms with E-state index in [1.807, 2.05) is 6.92 Å². The summed E-state index contributed by atoms with van der Waals surface area (Å²) in [6.45, 7) is 5.32. The maximum Gasteiger partial charge on any atom is 0.356 e. The Labute approximate surface area is 103 Å². The normalized spacial score (nSPS) is 10.6. The third-order valence-electron chi connectivity index (χ3n) is 2.57. The van der Waals surface area contributed by atoms with Crippen LogP contribution in [0.2, 0.25) is 0 Å². The number of aryl methyl sites for hydroxylation is 3. The molecular weight excluding hydrogens is 236 g/mol. The Hall–Kier alpha value is -2.44. The predicted molar refractivity (Wildman–Crippen MR) is 62.0 cm³/mol. The third kappa shape index (κ3) is 1.90. The quantitative estimate of drug-likeness (QED) is 0.821. The van der Waals surface area contributed by atoms with Gasteiger partial charge in [-0.3, -0.25) is 4.98 Å². The standard InChI is InChI=1S/C11H12N4O3/c1-5-6(2)13-10(7(3)12-5)15-9(16)4-8(14-15)11(17)18/h4,16H,1-3H3,(H,17,18). The van der Waals surface area contributed by atoms with E-state index in [2.05, 4.69) is 15.1 Å². The molecular formula is C11H12N4O3. The molecule has 0 bridgehead atoms. The lowest BCUT2D eigenvalue weighted by Crippen LogP contribution is -2.08. The van der Waals surface area contributed by atoms with Crippen LogP contribution in [0, 0.1) is 20.8 Å². The Kier molecular flexibility index (Phi) is 2.74. The van der Waals surface area contributed by atoms with Gasteiger partial charge in [-0.25, -0.2) is 9.78 Å². The molecule has 0 fully saturated rings. The summed E-state index contributed by atoms with van der Waals surface area (Å²) in [5, 5.41) is 22.3. The monoisotopic (exact) mass is 248 g/mol. The van der Waals surface area contributed by atoms with Crippen molar-refractivity contribution in [3.05, 3.63) is 28.8 Å². The summed E-state index contributed by atoms with van der Waals surface area (Å²) in [7, 11) is 0. The van der Waals surface area contributed by atoms with Gasteiger partial charge in [0, 0.05) is 6.07 Å². The highest BCUT2D eigenvalue weighted by Gasteiger charge is 2.17. The molecule has 2 aromatic rings. The second kappa shape index (κ2) is 4.10. The van der Waals surface area contributed by atoms with Crippen LogP contribution in [0.4, 0.5) is 0 Å². The third-order valence-corrected chi connectivity index (χ3v) is 2.57. The summed E-state index contributed by atoms with van der Waals surface area (Å²) < 4.78 is 1.07. The summed E-state index contributed by atoms with van der Waals surface area (Å²) >= 11 is 0. The molecule has 7 nitrogen and oxygen atoms in total. The van der Waals surface area contributed by atoms with Gasteiger partial charge < -0.3 is 10.2 Å². The van der Waals surface area contributed by atoms with Gasteiger partial charge in [-0.05, 0) is 20.8 Å². The molecule has 0 aliphatic heterocycles. The molecule has 0 aliphatic carbocycles. The Balaban J connectivity index is 2.62. The van der Waals surface area contributed by atoms with Crippen molar-refractivity contribution in [1.82, 2.24) is 19.7 Å². The highest BCUT2D eigenvalue weighted by molar-refractivity contribution is 5.85. The van der Waals surface area contributed by atoms with E-state index in [1.54, 1.807) is 13.8 Å². The minimum Gasteiger partial charge on any atom is -0.493 e. The summed E-state index contributed by atoms with van der Waals surface area (Å²) in [6.07, 6.45) is 0. The van der Waals surface area contributed by atoms with Crippen LogP contribution in [-0.4, -0.2) is 35.9 Å². The zero-order valence-corrected chi connectivity index (χ0v) is 10.2. The lowest BCUT2D eigenvalue weighted by Gasteiger charge is -2.08. The highest BCUT2D eigenvalue weighted by atomic mass is 16.4. The van der Waals surface area contributed by atoms with Crippen molar-refractivity contribution in [1.29, 1.82) is 0 Å². The number of aromatic hydroxyl groups is 1. The number of hydrogen-bond acceptors (Lipinski definition) is 5. The molecule has 0 amide bonds. The van der Waals surface area contributed by atoms with Gasteiger partial charge in [0.2, 0.25) is 5.88 Å². The van der Waals surface area contributed by atoms with E-state index in [0.717, 1.165) is 16.4 Å². The number of aromatic nitrogens is 4. The van der Waals surface area contributed by atoms with Crippen molar-refractivity contribution >= 4 is 5.97 Å². The van der Waals surface area contributed by atoms with Crippen LogP contribution >= 0.6 is 0 Å². The maximum absolute atomic E-state index is 10.8. The van der Waals surface area contributed by atoms with Crippen molar-refractivity contribution in [2.75, 3.05) is 0 Å². The first-order valence-corrected chi connectivity index (χ1v) is 5.24. The number of carbonyl (C=O) groups is 1. The van der Waals surface area contributed by atoms with E-state index >= 15 is 0 Å². The van der Waals surface area contributed by atoms with Crippen molar-refractivity contribution in [2.45, 2.75) is 20.8 Å². The molecule has 2 aromatic heterocycles. The largest absolute Gasteiger partial charge is 0.493 e. The fourth-order valence-corrected chi connectivity index (χ4v) is 1.54. The Morgan fingerprint density at radius 3 is 2.33 bits per heavy atom. The summed E-state index contributed by atoms with van der Waals surface area (Å²) in [5.41, 5.74) is 1.80. The van der Waals surface area contributed by atoms with Gasteiger partial charge in [0.05, 0.1) is 17.1 Å². The molecule has 0 saturated heterocycles. The van der Waals surface area contributed by atoms with Gasteiger partial charge in [-0.2, -0.15) is 9.78 Å². The summed E-state index contributed by atoms with van der Waals surface area (Å²) in [6, 6.07) is 1.07. The Morgan fingerprint density at radius 2 is 1.78 bits per heavy atom. The van der Waals surface area contributed by atoms with Crippen molar-refractivity contribution in [3.8, 4) is 11.7 Å². The van der Waals surface area contributed by atoms with E-state index in [4.69, 9.17) is 5.11 Å². The topological polar surface area (TPSA) is 101 Å². The number of hydrogen-bond donors (Lipinski definition) is 2. The summed E-state index contributed by atoms with van der Waals surface area (Å²) in [5.74, 6) is -1.17. The first-order chi connectivity index (χ1) is 8.40. The van der Waals surface area contributed by atoms with E-state index in [9.17, 15) is 9.90 Å². The highest BCUT2D eigenvalue weighted by Crippen LogP contribution is 2.19. The van der Waals surface area contributed by atoms with Crippen molar-refractivity contribution in [3.63, 3.8) is 0 Å². The minimum absolute atomic E-state index is 0.244. The van der Waals surface area contributed by atoms with Gasteiger partial charge in [0.15, 0.2) is 11.5 Å². The second-order valence-corrected chi connectivity index (χ2v) is 3.91. The van der Waals surface area contributed by atoms with Gasteiger partial charge >= 0.3 is 5.97 Å². The van der Waals surface area contributed by atoms with Crippen LogP contribution in [-0.2, 0) is 0 Å². The predicted octanol–water partition coefficient (Wildman–Crippen LogP) is 0.991. The van der Waals surface area contributed by atoms with Crippen LogP contribution < -0.4 is 0 Å².